The van der Waals surface area contributed by atoms with E-state index in [0.717, 1.165) is 19.1 Å². The Morgan fingerprint density at radius 2 is 2.16 bits per heavy atom. The van der Waals surface area contributed by atoms with Crippen LogP contribution in [-0.2, 0) is 9.84 Å². The van der Waals surface area contributed by atoms with E-state index in [2.05, 4.69) is 15.3 Å². The molecular formula is C12H19N3O3S. The van der Waals surface area contributed by atoms with Gasteiger partial charge in [-0.15, -0.1) is 0 Å². The van der Waals surface area contributed by atoms with Crippen LogP contribution < -0.4 is 5.32 Å². The zero-order valence-electron chi connectivity index (χ0n) is 11.1. The zero-order chi connectivity index (χ0) is 14.0. The largest absolute Gasteiger partial charge is 0.393 e. The molecule has 106 valence electrons. The first-order valence-corrected chi connectivity index (χ1v) is 8.23. The van der Waals surface area contributed by atoms with Crippen molar-refractivity contribution in [1.82, 2.24) is 9.97 Å². The Kier molecular flexibility index (Phi) is 4.05. The Balaban J connectivity index is 2.08. The number of aliphatic hydroxyl groups excluding tert-OH is 1. The fourth-order valence-corrected chi connectivity index (χ4v) is 2.75. The molecule has 2 N–H and O–H groups in total. The lowest BCUT2D eigenvalue weighted by atomic mass is 9.85. The van der Waals surface area contributed by atoms with E-state index in [1.807, 2.05) is 6.92 Å². The molecule has 0 aromatic carbocycles. The molecule has 0 amide bonds. The van der Waals surface area contributed by atoms with Crippen LogP contribution in [0.15, 0.2) is 17.4 Å². The molecule has 0 radical (unpaired) electrons. The lowest BCUT2D eigenvalue weighted by molar-refractivity contribution is 0.0739. The van der Waals surface area contributed by atoms with Crippen LogP contribution in [0.4, 0.5) is 5.82 Å². The predicted molar refractivity (Wildman–Crippen MR) is 71.6 cm³/mol. The van der Waals surface area contributed by atoms with E-state index in [9.17, 15) is 13.5 Å². The molecule has 1 aromatic heterocycles. The van der Waals surface area contributed by atoms with Crippen molar-refractivity contribution in [3.63, 3.8) is 0 Å². The van der Waals surface area contributed by atoms with Gasteiger partial charge in [0.1, 0.15) is 5.82 Å². The maximum atomic E-state index is 11.4. The minimum Gasteiger partial charge on any atom is -0.393 e. The first-order valence-electron chi connectivity index (χ1n) is 6.34. The summed E-state index contributed by atoms with van der Waals surface area (Å²) in [5.41, 5.74) is 0. The van der Waals surface area contributed by atoms with E-state index in [4.69, 9.17) is 0 Å². The van der Waals surface area contributed by atoms with Gasteiger partial charge in [-0.2, -0.15) is 0 Å². The Labute approximate surface area is 113 Å². The van der Waals surface area contributed by atoms with Gasteiger partial charge in [-0.25, -0.2) is 18.4 Å². The number of anilines is 1. The second-order valence-electron chi connectivity index (χ2n) is 5.20. The molecule has 1 aliphatic rings. The van der Waals surface area contributed by atoms with Gasteiger partial charge in [0.25, 0.3) is 0 Å². The molecule has 0 aliphatic heterocycles. The van der Waals surface area contributed by atoms with Crippen LogP contribution in [-0.4, -0.2) is 41.9 Å². The summed E-state index contributed by atoms with van der Waals surface area (Å²) in [7, 11) is -3.40. The fourth-order valence-electron chi connectivity index (χ4n) is 2.24. The minimum absolute atomic E-state index is 0.119. The summed E-state index contributed by atoms with van der Waals surface area (Å²) in [6.07, 6.45) is 4.73. The SMILES string of the molecule is C[C@@H]1CC[C@@H](Nc2ccnc(S(C)(=O)=O)n2)C[C@H]1O. The third-order valence-corrected chi connectivity index (χ3v) is 4.33. The molecule has 1 aromatic rings. The standard InChI is InChI=1S/C12H19N3O3S/c1-8-3-4-9(7-10(8)16)14-11-5-6-13-12(15-11)19(2,17)18/h5-6,8-10,16H,3-4,7H2,1-2H3,(H,13,14,15)/t8-,9-,10-/m1/s1. The van der Waals surface area contributed by atoms with Gasteiger partial charge in [-0.1, -0.05) is 6.92 Å². The highest BCUT2D eigenvalue weighted by Crippen LogP contribution is 2.26. The third kappa shape index (κ3) is 3.63. The van der Waals surface area contributed by atoms with Crippen molar-refractivity contribution in [2.45, 2.75) is 43.5 Å². The summed E-state index contributed by atoms with van der Waals surface area (Å²) in [6, 6.07) is 1.76. The molecule has 3 atom stereocenters. The lowest BCUT2D eigenvalue weighted by Gasteiger charge is -2.31. The summed E-state index contributed by atoms with van der Waals surface area (Å²) in [4.78, 5) is 7.73. The van der Waals surface area contributed by atoms with E-state index >= 15 is 0 Å². The number of rotatable bonds is 3. The van der Waals surface area contributed by atoms with Crippen molar-refractivity contribution in [2.75, 3.05) is 11.6 Å². The van der Waals surface area contributed by atoms with E-state index in [0.29, 0.717) is 18.2 Å². The van der Waals surface area contributed by atoms with Crippen LogP contribution >= 0.6 is 0 Å². The predicted octanol–water partition coefficient (Wildman–Crippen LogP) is 0.841. The van der Waals surface area contributed by atoms with Crippen molar-refractivity contribution < 1.29 is 13.5 Å². The first-order chi connectivity index (χ1) is 8.86. The number of hydrogen-bond donors (Lipinski definition) is 2. The van der Waals surface area contributed by atoms with Crippen molar-refractivity contribution >= 4 is 15.7 Å². The highest BCUT2D eigenvalue weighted by molar-refractivity contribution is 7.90. The van der Waals surface area contributed by atoms with Gasteiger partial charge in [0.2, 0.25) is 15.0 Å². The van der Waals surface area contributed by atoms with Gasteiger partial charge < -0.3 is 10.4 Å². The maximum Gasteiger partial charge on any atom is 0.248 e. The second kappa shape index (κ2) is 5.42. The Bertz CT molecular complexity index is 547. The highest BCUT2D eigenvalue weighted by atomic mass is 32.2. The molecule has 1 heterocycles. The molecule has 0 bridgehead atoms. The summed E-state index contributed by atoms with van der Waals surface area (Å²) in [6.45, 7) is 2.04. The average Bonchev–Trinajstić information content (AvgIpc) is 2.33. The Morgan fingerprint density at radius 1 is 1.42 bits per heavy atom. The summed E-state index contributed by atoms with van der Waals surface area (Å²) in [5, 5.41) is 12.8. The number of nitrogens with zero attached hydrogens (tertiary/aromatic N) is 2. The second-order valence-corrected chi connectivity index (χ2v) is 7.11. The molecule has 1 saturated carbocycles. The molecule has 7 heteroatoms. The quantitative estimate of drug-likeness (QED) is 0.800. The van der Waals surface area contributed by atoms with Gasteiger partial charge >= 0.3 is 0 Å². The van der Waals surface area contributed by atoms with Gasteiger partial charge in [-0.05, 0) is 31.2 Å². The number of aliphatic hydroxyl groups is 1. The zero-order valence-corrected chi connectivity index (χ0v) is 11.9. The first kappa shape index (κ1) is 14.2. The number of sulfone groups is 1. The van der Waals surface area contributed by atoms with Crippen molar-refractivity contribution in [2.24, 2.45) is 5.92 Å². The molecule has 2 rings (SSSR count). The topological polar surface area (TPSA) is 92.2 Å². The van der Waals surface area contributed by atoms with Gasteiger partial charge in [0.15, 0.2) is 0 Å². The molecule has 0 spiro atoms. The van der Waals surface area contributed by atoms with Crippen LogP contribution in [0.5, 0.6) is 0 Å². The molecular weight excluding hydrogens is 266 g/mol. The highest BCUT2D eigenvalue weighted by Gasteiger charge is 2.26. The van der Waals surface area contributed by atoms with Crippen LogP contribution in [0.3, 0.4) is 0 Å². The van der Waals surface area contributed by atoms with Crippen molar-refractivity contribution in [1.29, 1.82) is 0 Å². The number of aromatic nitrogens is 2. The average molecular weight is 285 g/mol. The number of hydrogen-bond acceptors (Lipinski definition) is 6. The molecule has 6 nitrogen and oxygen atoms in total. The Hall–Kier alpha value is -1.21. The van der Waals surface area contributed by atoms with Gasteiger partial charge in [0, 0.05) is 18.5 Å². The van der Waals surface area contributed by atoms with Gasteiger partial charge in [0.05, 0.1) is 6.10 Å². The number of nitrogens with one attached hydrogen (secondary N) is 1. The summed E-state index contributed by atoms with van der Waals surface area (Å²) in [5.74, 6) is 0.803. The van der Waals surface area contributed by atoms with Crippen LogP contribution in [0.25, 0.3) is 0 Å². The lowest BCUT2D eigenvalue weighted by Crippen LogP contribution is -2.35. The molecule has 19 heavy (non-hydrogen) atoms. The monoisotopic (exact) mass is 285 g/mol. The molecule has 0 unspecified atom stereocenters. The molecule has 1 aliphatic carbocycles. The third-order valence-electron chi connectivity index (χ3n) is 3.47. The fraction of sp³-hybridized carbons (Fsp3) is 0.667. The van der Waals surface area contributed by atoms with E-state index < -0.39 is 9.84 Å². The molecule has 0 saturated heterocycles. The summed E-state index contributed by atoms with van der Waals surface area (Å²) >= 11 is 0. The van der Waals surface area contributed by atoms with Crippen LogP contribution in [0.2, 0.25) is 0 Å². The van der Waals surface area contributed by atoms with Crippen LogP contribution in [0, 0.1) is 5.92 Å². The minimum atomic E-state index is -3.40. The van der Waals surface area contributed by atoms with E-state index in [1.165, 1.54) is 6.20 Å². The van der Waals surface area contributed by atoms with Crippen molar-refractivity contribution in [3.8, 4) is 0 Å². The van der Waals surface area contributed by atoms with E-state index in [1.54, 1.807) is 6.07 Å². The maximum absolute atomic E-state index is 11.4. The van der Waals surface area contributed by atoms with E-state index in [-0.39, 0.29) is 17.3 Å². The normalized spacial score (nSPS) is 28.1. The van der Waals surface area contributed by atoms with Crippen LogP contribution in [0.1, 0.15) is 26.2 Å². The Morgan fingerprint density at radius 3 is 2.79 bits per heavy atom. The molecule has 1 fully saturated rings. The summed E-state index contributed by atoms with van der Waals surface area (Å²) < 4.78 is 22.8. The van der Waals surface area contributed by atoms with Crippen molar-refractivity contribution in [3.05, 3.63) is 12.3 Å². The van der Waals surface area contributed by atoms with Gasteiger partial charge in [-0.3, -0.25) is 0 Å². The smallest absolute Gasteiger partial charge is 0.248 e.